The number of carbonyl (C=O) groups is 1. The second-order valence-electron chi connectivity index (χ2n) is 5.98. The van der Waals surface area contributed by atoms with Crippen molar-refractivity contribution in [1.82, 2.24) is 0 Å². The smallest absolute Gasteiger partial charge is 0.336 e. The van der Waals surface area contributed by atoms with Crippen molar-refractivity contribution in [2.75, 3.05) is 0 Å². The number of carboxylic acids is 1. The van der Waals surface area contributed by atoms with Crippen LogP contribution in [-0.2, 0) is 11.4 Å². The molecule has 0 saturated carbocycles. The molecule has 3 nitrogen and oxygen atoms in total. The van der Waals surface area contributed by atoms with Gasteiger partial charge in [-0.25, -0.2) is 4.79 Å². The van der Waals surface area contributed by atoms with E-state index in [0.29, 0.717) is 17.9 Å². The zero-order chi connectivity index (χ0) is 18.4. The molecule has 0 aliphatic rings. The normalized spacial score (nSPS) is 11.2. The van der Waals surface area contributed by atoms with Gasteiger partial charge in [0.2, 0.25) is 0 Å². The van der Waals surface area contributed by atoms with E-state index in [4.69, 9.17) is 4.74 Å². The minimum Gasteiger partial charge on any atom is -0.488 e. The lowest BCUT2D eigenvalue weighted by Crippen LogP contribution is -2.01. The van der Waals surface area contributed by atoms with Gasteiger partial charge in [0.05, 0.1) is 5.57 Å². The SMILES string of the molecule is Cc1ccccc1COc1ccccc1/C=C(\C(=O)O)c1ccccc1. The van der Waals surface area contributed by atoms with Gasteiger partial charge in [0.1, 0.15) is 12.4 Å². The fourth-order valence-electron chi connectivity index (χ4n) is 2.70. The highest BCUT2D eigenvalue weighted by molar-refractivity contribution is 6.20. The van der Waals surface area contributed by atoms with Gasteiger partial charge in [0.15, 0.2) is 0 Å². The van der Waals surface area contributed by atoms with Crippen LogP contribution in [0.3, 0.4) is 0 Å². The van der Waals surface area contributed by atoms with Gasteiger partial charge in [-0.3, -0.25) is 0 Å². The minimum absolute atomic E-state index is 0.234. The van der Waals surface area contributed by atoms with Gasteiger partial charge in [0, 0.05) is 5.56 Å². The van der Waals surface area contributed by atoms with E-state index in [1.165, 1.54) is 0 Å². The van der Waals surface area contributed by atoms with Gasteiger partial charge in [-0.2, -0.15) is 0 Å². The Morgan fingerprint density at radius 3 is 2.31 bits per heavy atom. The van der Waals surface area contributed by atoms with Crippen molar-refractivity contribution in [1.29, 1.82) is 0 Å². The maximum atomic E-state index is 11.7. The molecule has 130 valence electrons. The number of aliphatic carboxylic acids is 1. The van der Waals surface area contributed by atoms with E-state index < -0.39 is 5.97 Å². The van der Waals surface area contributed by atoms with Crippen LogP contribution in [0.25, 0.3) is 11.6 Å². The summed E-state index contributed by atoms with van der Waals surface area (Å²) in [6.07, 6.45) is 1.66. The molecule has 3 aromatic carbocycles. The fourth-order valence-corrected chi connectivity index (χ4v) is 2.70. The molecule has 0 amide bonds. The third-order valence-electron chi connectivity index (χ3n) is 4.18. The molecule has 0 saturated heterocycles. The minimum atomic E-state index is -0.968. The summed E-state index contributed by atoms with van der Waals surface area (Å²) in [5.41, 5.74) is 3.90. The largest absolute Gasteiger partial charge is 0.488 e. The zero-order valence-corrected chi connectivity index (χ0v) is 14.6. The average Bonchev–Trinajstić information content (AvgIpc) is 2.66. The van der Waals surface area contributed by atoms with Gasteiger partial charge in [0.25, 0.3) is 0 Å². The first-order valence-corrected chi connectivity index (χ1v) is 8.42. The quantitative estimate of drug-likeness (QED) is 0.494. The summed E-state index contributed by atoms with van der Waals surface area (Å²) in [7, 11) is 0. The monoisotopic (exact) mass is 344 g/mol. The van der Waals surface area contributed by atoms with Crippen LogP contribution in [0.5, 0.6) is 5.75 Å². The molecule has 0 heterocycles. The first-order chi connectivity index (χ1) is 12.6. The number of rotatable bonds is 6. The highest BCUT2D eigenvalue weighted by Gasteiger charge is 2.12. The van der Waals surface area contributed by atoms with Gasteiger partial charge in [-0.05, 0) is 35.8 Å². The lowest BCUT2D eigenvalue weighted by Gasteiger charge is -2.12. The molecule has 1 N–H and O–H groups in total. The molecule has 26 heavy (non-hydrogen) atoms. The second-order valence-corrected chi connectivity index (χ2v) is 5.98. The van der Waals surface area contributed by atoms with Crippen molar-refractivity contribution in [3.8, 4) is 5.75 Å². The third-order valence-corrected chi connectivity index (χ3v) is 4.18. The summed E-state index contributed by atoms with van der Waals surface area (Å²) in [5, 5.41) is 9.61. The van der Waals surface area contributed by atoms with E-state index in [0.717, 1.165) is 16.7 Å². The van der Waals surface area contributed by atoms with Crippen molar-refractivity contribution in [3.05, 3.63) is 101 Å². The number of ether oxygens (including phenoxy) is 1. The van der Waals surface area contributed by atoms with E-state index in [-0.39, 0.29) is 5.57 Å². The number of para-hydroxylation sites is 1. The van der Waals surface area contributed by atoms with Crippen molar-refractivity contribution in [2.24, 2.45) is 0 Å². The molecule has 0 aromatic heterocycles. The van der Waals surface area contributed by atoms with Crippen LogP contribution >= 0.6 is 0 Å². The van der Waals surface area contributed by atoms with Crippen molar-refractivity contribution in [2.45, 2.75) is 13.5 Å². The summed E-state index contributed by atoms with van der Waals surface area (Å²) in [6, 6.07) is 24.6. The Hall–Kier alpha value is -3.33. The second kappa shape index (κ2) is 8.17. The van der Waals surface area contributed by atoms with Gasteiger partial charge in [-0.1, -0.05) is 72.8 Å². The topological polar surface area (TPSA) is 46.5 Å². The molecular weight excluding hydrogens is 324 g/mol. The van der Waals surface area contributed by atoms with E-state index >= 15 is 0 Å². The molecule has 3 rings (SSSR count). The van der Waals surface area contributed by atoms with E-state index in [1.54, 1.807) is 18.2 Å². The predicted molar refractivity (Wildman–Crippen MR) is 104 cm³/mol. The summed E-state index contributed by atoms with van der Waals surface area (Å²) in [5.74, 6) is -0.310. The van der Waals surface area contributed by atoms with Crippen LogP contribution < -0.4 is 4.74 Å². The first kappa shape index (κ1) is 17.5. The molecule has 3 heteroatoms. The number of hydrogen-bond donors (Lipinski definition) is 1. The molecule has 0 aliphatic heterocycles. The number of carboxylic acid groups (broad SMARTS) is 1. The maximum Gasteiger partial charge on any atom is 0.336 e. The van der Waals surface area contributed by atoms with Gasteiger partial charge in [-0.15, -0.1) is 0 Å². The third kappa shape index (κ3) is 4.19. The highest BCUT2D eigenvalue weighted by Crippen LogP contribution is 2.26. The molecule has 0 radical (unpaired) electrons. The molecule has 0 atom stereocenters. The van der Waals surface area contributed by atoms with Crippen LogP contribution in [-0.4, -0.2) is 11.1 Å². The van der Waals surface area contributed by atoms with Crippen molar-refractivity contribution in [3.63, 3.8) is 0 Å². The lowest BCUT2D eigenvalue weighted by molar-refractivity contribution is -0.130. The van der Waals surface area contributed by atoms with E-state index in [2.05, 4.69) is 0 Å². The number of hydrogen-bond acceptors (Lipinski definition) is 2. The average molecular weight is 344 g/mol. The van der Waals surface area contributed by atoms with Crippen molar-refractivity contribution >= 4 is 17.6 Å². The number of aryl methyl sites for hydroxylation is 1. The van der Waals surface area contributed by atoms with Crippen LogP contribution in [0.1, 0.15) is 22.3 Å². The van der Waals surface area contributed by atoms with Crippen molar-refractivity contribution < 1.29 is 14.6 Å². The summed E-state index contributed by atoms with van der Waals surface area (Å²) >= 11 is 0. The number of benzene rings is 3. The maximum absolute atomic E-state index is 11.7. The molecule has 0 unspecified atom stereocenters. The Morgan fingerprint density at radius 1 is 0.923 bits per heavy atom. The fraction of sp³-hybridized carbons (Fsp3) is 0.0870. The van der Waals surface area contributed by atoms with E-state index in [1.807, 2.05) is 73.7 Å². The van der Waals surface area contributed by atoms with Crippen LogP contribution in [0.2, 0.25) is 0 Å². The summed E-state index contributed by atoms with van der Waals surface area (Å²) in [4.78, 5) is 11.7. The lowest BCUT2D eigenvalue weighted by atomic mass is 10.0. The van der Waals surface area contributed by atoms with Gasteiger partial charge >= 0.3 is 5.97 Å². The zero-order valence-electron chi connectivity index (χ0n) is 14.6. The van der Waals surface area contributed by atoms with Crippen LogP contribution in [0, 0.1) is 6.92 Å². The Morgan fingerprint density at radius 2 is 1.58 bits per heavy atom. The Kier molecular flexibility index (Phi) is 5.49. The van der Waals surface area contributed by atoms with E-state index in [9.17, 15) is 9.90 Å². The van der Waals surface area contributed by atoms with Crippen LogP contribution in [0.4, 0.5) is 0 Å². The Bertz CT molecular complexity index is 927. The predicted octanol–water partition coefficient (Wildman–Crippen LogP) is 5.20. The summed E-state index contributed by atoms with van der Waals surface area (Å²) in [6.45, 7) is 2.48. The molecule has 0 spiro atoms. The molecular formula is C23H20O3. The highest BCUT2D eigenvalue weighted by atomic mass is 16.5. The standard InChI is InChI=1S/C23H20O3/c1-17-9-5-6-13-20(17)16-26-22-14-8-7-12-19(22)15-21(23(24)25)18-10-3-2-4-11-18/h2-15H,16H2,1H3,(H,24,25)/b21-15-. The Balaban J connectivity index is 1.91. The summed E-state index contributed by atoms with van der Waals surface area (Å²) < 4.78 is 5.98. The molecule has 0 bridgehead atoms. The Labute approximate surface area is 153 Å². The van der Waals surface area contributed by atoms with Crippen LogP contribution in [0.15, 0.2) is 78.9 Å². The van der Waals surface area contributed by atoms with Gasteiger partial charge < -0.3 is 9.84 Å². The molecule has 0 fully saturated rings. The first-order valence-electron chi connectivity index (χ1n) is 8.42. The molecule has 3 aromatic rings. The molecule has 0 aliphatic carbocycles.